The molecule has 2 amide bonds. The maximum atomic E-state index is 12.1. The predicted molar refractivity (Wildman–Crippen MR) is 101 cm³/mol. The number of urea groups is 1. The van der Waals surface area contributed by atoms with Crippen molar-refractivity contribution in [1.29, 1.82) is 5.26 Å². The first-order chi connectivity index (χ1) is 12.1. The molecule has 5 nitrogen and oxygen atoms in total. The van der Waals surface area contributed by atoms with Crippen LogP contribution in [0.2, 0.25) is 0 Å². The summed E-state index contributed by atoms with van der Waals surface area (Å²) in [5, 5.41) is 16.8. The van der Waals surface area contributed by atoms with Gasteiger partial charge in [-0.15, -0.1) is 11.3 Å². The number of carbonyl (C=O) groups excluding carboxylic acids is 1. The van der Waals surface area contributed by atoms with E-state index in [9.17, 15) is 10.1 Å². The molecule has 0 spiro atoms. The van der Waals surface area contributed by atoms with Crippen molar-refractivity contribution in [2.24, 2.45) is 5.10 Å². The summed E-state index contributed by atoms with van der Waals surface area (Å²) in [7, 11) is 0. The largest absolute Gasteiger partial charge is 0.340 e. The van der Waals surface area contributed by atoms with Gasteiger partial charge < -0.3 is 0 Å². The highest BCUT2D eigenvalue weighted by atomic mass is 32.1. The zero-order valence-electron chi connectivity index (χ0n) is 14.3. The summed E-state index contributed by atoms with van der Waals surface area (Å²) in [5.74, 6) is 0. The molecule has 0 radical (unpaired) electrons. The molecule has 1 aliphatic rings. The number of nitriles is 1. The molecule has 0 aliphatic heterocycles. The van der Waals surface area contributed by atoms with Crippen molar-refractivity contribution in [2.75, 3.05) is 5.32 Å². The first-order valence-corrected chi connectivity index (χ1v) is 9.12. The van der Waals surface area contributed by atoms with Gasteiger partial charge in [0.05, 0.1) is 11.8 Å². The van der Waals surface area contributed by atoms with E-state index in [-0.39, 0.29) is 0 Å². The number of anilines is 1. The van der Waals surface area contributed by atoms with E-state index in [1.165, 1.54) is 27.3 Å². The highest BCUT2D eigenvalue weighted by Crippen LogP contribution is 2.37. The van der Waals surface area contributed by atoms with Crippen LogP contribution in [-0.4, -0.2) is 12.2 Å². The van der Waals surface area contributed by atoms with E-state index in [1.54, 1.807) is 6.21 Å². The maximum Gasteiger partial charge on any atom is 0.340 e. The first-order valence-electron chi connectivity index (χ1n) is 8.30. The van der Waals surface area contributed by atoms with Gasteiger partial charge in [0.2, 0.25) is 0 Å². The average molecular weight is 352 g/mol. The second-order valence-electron chi connectivity index (χ2n) is 6.19. The Bertz CT molecular complexity index is 876. The van der Waals surface area contributed by atoms with Crippen molar-refractivity contribution in [1.82, 2.24) is 5.43 Å². The van der Waals surface area contributed by atoms with Crippen LogP contribution in [0.4, 0.5) is 9.80 Å². The van der Waals surface area contributed by atoms with Gasteiger partial charge in [-0.05, 0) is 61.8 Å². The molecule has 3 rings (SSSR count). The number of nitrogens with one attached hydrogen (secondary N) is 2. The smallest absolute Gasteiger partial charge is 0.297 e. The Morgan fingerprint density at radius 2 is 2.08 bits per heavy atom. The molecule has 0 saturated heterocycles. The monoisotopic (exact) mass is 352 g/mol. The molecule has 0 saturated carbocycles. The Hall–Kier alpha value is -2.65. The van der Waals surface area contributed by atoms with E-state index < -0.39 is 6.03 Å². The predicted octanol–water partition coefficient (Wildman–Crippen LogP) is 4.27. The molecular formula is C19H20N4OS. The van der Waals surface area contributed by atoms with E-state index in [0.717, 1.165) is 36.8 Å². The average Bonchev–Trinajstić information content (AvgIpc) is 2.95. The van der Waals surface area contributed by atoms with Crippen molar-refractivity contribution >= 4 is 28.6 Å². The molecule has 0 unspecified atom stereocenters. The van der Waals surface area contributed by atoms with Crippen molar-refractivity contribution in [3.05, 3.63) is 50.9 Å². The molecule has 0 fully saturated rings. The highest BCUT2D eigenvalue weighted by Gasteiger charge is 2.21. The molecule has 2 N–H and O–H groups in total. The molecule has 0 bridgehead atoms. The zero-order valence-corrected chi connectivity index (χ0v) is 15.2. The van der Waals surface area contributed by atoms with Crippen LogP contribution >= 0.6 is 11.3 Å². The number of amides is 2. The minimum atomic E-state index is -0.435. The molecular weight excluding hydrogens is 332 g/mol. The maximum absolute atomic E-state index is 12.1. The van der Waals surface area contributed by atoms with Gasteiger partial charge in [-0.2, -0.15) is 10.4 Å². The van der Waals surface area contributed by atoms with Gasteiger partial charge in [0.15, 0.2) is 0 Å². The second kappa shape index (κ2) is 7.49. The standard InChI is InChI=1S/C19H20N4OS/c1-12-7-8-14(9-13(12)2)11-21-23-19(24)22-18-16(10-20)15-5-3-4-6-17(15)25-18/h7-9,11H,3-6H2,1-2H3,(H2,22,23,24)/b21-11+. The highest BCUT2D eigenvalue weighted by molar-refractivity contribution is 7.16. The summed E-state index contributed by atoms with van der Waals surface area (Å²) in [4.78, 5) is 13.3. The Balaban J connectivity index is 1.65. The van der Waals surface area contributed by atoms with Gasteiger partial charge in [-0.1, -0.05) is 18.2 Å². The quantitative estimate of drug-likeness (QED) is 0.639. The van der Waals surface area contributed by atoms with Crippen LogP contribution in [0.1, 0.15) is 45.5 Å². The van der Waals surface area contributed by atoms with Gasteiger partial charge in [0.1, 0.15) is 11.1 Å². The third kappa shape index (κ3) is 3.89. The van der Waals surface area contributed by atoms with Crippen LogP contribution in [0.25, 0.3) is 0 Å². The molecule has 128 valence electrons. The topological polar surface area (TPSA) is 77.3 Å². The van der Waals surface area contributed by atoms with Gasteiger partial charge >= 0.3 is 6.03 Å². The molecule has 1 heterocycles. The summed E-state index contributed by atoms with van der Waals surface area (Å²) < 4.78 is 0. The fourth-order valence-electron chi connectivity index (χ4n) is 2.91. The lowest BCUT2D eigenvalue weighted by Gasteiger charge is -2.09. The number of benzene rings is 1. The summed E-state index contributed by atoms with van der Waals surface area (Å²) in [5.41, 5.74) is 7.49. The van der Waals surface area contributed by atoms with Crippen LogP contribution in [0.5, 0.6) is 0 Å². The molecule has 2 aromatic rings. The Morgan fingerprint density at radius 3 is 2.84 bits per heavy atom. The Labute approximate surface area is 151 Å². The number of nitrogens with zero attached hydrogens (tertiary/aromatic N) is 2. The normalized spacial score (nSPS) is 13.3. The van der Waals surface area contributed by atoms with E-state index in [0.29, 0.717) is 10.6 Å². The molecule has 6 heteroatoms. The van der Waals surface area contributed by atoms with Crippen molar-refractivity contribution < 1.29 is 4.79 Å². The van der Waals surface area contributed by atoms with E-state index in [4.69, 9.17) is 0 Å². The summed E-state index contributed by atoms with van der Waals surface area (Å²) in [6, 6.07) is 7.78. The number of carbonyl (C=O) groups is 1. The van der Waals surface area contributed by atoms with Gasteiger partial charge in [-0.3, -0.25) is 5.32 Å². The Morgan fingerprint density at radius 1 is 1.28 bits per heavy atom. The summed E-state index contributed by atoms with van der Waals surface area (Å²) in [6.07, 6.45) is 5.76. The lowest BCUT2D eigenvalue weighted by molar-refractivity contribution is 0.252. The molecule has 25 heavy (non-hydrogen) atoms. The number of fused-ring (bicyclic) bond motifs is 1. The van der Waals surface area contributed by atoms with Crippen LogP contribution in [-0.2, 0) is 12.8 Å². The molecule has 1 aromatic heterocycles. The van der Waals surface area contributed by atoms with E-state index in [1.807, 2.05) is 25.1 Å². The number of aryl methyl sites for hydroxylation is 3. The number of hydrogen-bond donors (Lipinski definition) is 2. The number of hydrazone groups is 1. The Kier molecular flexibility index (Phi) is 5.15. The fourth-order valence-corrected chi connectivity index (χ4v) is 4.15. The SMILES string of the molecule is Cc1ccc(/C=N/NC(=O)Nc2sc3c(c2C#N)CCCC3)cc1C. The molecule has 0 atom stereocenters. The van der Waals surface area contributed by atoms with E-state index >= 15 is 0 Å². The van der Waals surface area contributed by atoms with Gasteiger partial charge in [0, 0.05) is 4.88 Å². The lowest BCUT2D eigenvalue weighted by Crippen LogP contribution is -2.24. The number of thiophene rings is 1. The van der Waals surface area contributed by atoms with Crippen LogP contribution in [0.3, 0.4) is 0 Å². The minimum absolute atomic E-state index is 0.435. The second-order valence-corrected chi connectivity index (χ2v) is 7.30. The van der Waals surface area contributed by atoms with Crippen LogP contribution in [0, 0.1) is 25.2 Å². The summed E-state index contributed by atoms with van der Waals surface area (Å²) in [6.45, 7) is 4.09. The third-order valence-corrected chi connectivity index (χ3v) is 5.63. The number of rotatable bonds is 3. The van der Waals surface area contributed by atoms with Gasteiger partial charge in [-0.25, -0.2) is 10.2 Å². The fraction of sp³-hybridized carbons (Fsp3) is 0.316. The molecule has 1 aromatic carbocycles. The van der Waals surface area contributed by atoms with E-state index in [2.05, 4.69) is 28.8 Å². The summed E-state index contributed by atoms with van der Waals surface area (Å²) >= 11 is 1.50. The van der Waals surface area contributed by atoms with Crippen molar-refractivity contribution in [2.45, 2.75) is 39.5 Å². The zero-order chi connectivity index (χ0) is 17.8. The third-order valence-electron chi connectivity index (χ3n) is 4.42. The van der Waals surface area contributed by atoms with Crippen molar-refractivity contribution in [3.8, 4) is 6.07 Å². The van der Waals surface area contributed by atoms with Crippen molar-refractivity contribution in [3.63, 3.8) is 0 Å². The number of hydrogen-bond acceptors (Lipinski definition) is 4. The van der Waals surface area contributed by atoms with Crippen LogP contribution in [0.15, 0.2) is 23.3 Å². The first kappa shape index (κ1) is 17.2. The van der Waals surface area contributed by atoms with Gasteiger partial charge in [0.25, 0.3) is 0 Å². The molecule has 1 aliphatic carbocycles. The lowest BCUT2D eigenvalue weighted by atomic mass is 9.96. The minimum Gasteiger partial charge on any atom is -0.297 e. The van der Waals surface area contributed by atoms with Crippen LogP contribution < -0.4 is 10.7 Å².